The Balaban J connectivity index is 1.68. The van der Waals surface area contributed by atoms with Crippen LogP contribution in [0, 0.1) is 13.8 Å². The number of hydrogen-bond donors (Lipinski definition) is 2. The number of anilines is 2. The minimum atomic E-state index is -0.176. The minimum Gasteiger partial charge on any atom is -0.495 e. The third-order valence-corrected chi connectivity index (χ3v) is 6.99. The van der Waals surface area contributed by atoms with E-state index in [1.165, 1.54) is 6.92 Å². The zero-order valence-electron chi connectivity index (χ0n) is 21.2. The Labute approximate surface area is 222 Å². The molecule has 2 unspecified atom stereocenters. The fourth-order valence-corrected chi connectivity index (χ4v) is 5.49. The number of para-hydroxylation sites is 1. The third kappa shape index (κ3) is 4.56. The smallest absolute Gasteiger partial charge is 0.221 e. The molecule has 188 valence electrons. The first-order valence-corrected chi connectivity index (χ1v) is 12.5. The van der Waals surface area contributed by atoms with E-state index in [1.807, 2.05) is 54.6 Å². The van der Waals surface area contributed by atoms with Gasteiger partial charge in [-0.05, 0) is 80.2 Å². The van der Waals surface area contributed by atoms with E-state index in [2.05, 4.69) is 57.1 Å². The number of amides is 1. The van der Waals surface area contributed by atoms with Gasteiger partial charge in [-0.25, -0.2) is 0 Å². The van der Waals surface area contributed by atoms with Gasteiger partial charge in [0.15, 0.2) is 5.11 Å². The fraction of sp³-hybridized carbons (Fsp3) is 0.207. The molecule has 0 spiro atoms. The van der Waals surface area contributed by atoms with Crippen molar-refractivity contribution in [2.75, 3.05) is 17.3 Å². The van der Waals surface area contributed by atoms with E-state index in [0.29, 0.717) is 16.5 Å². The average molecular weight is 512 g/mol. The molecule has 2 N–H and O–H groups in total. The molecule has 37 heavy (non-hydrogen) atoms. The number of pyridine rings is 1. The van der Waals surface area contributed by atoms with Gasteiger partial charge in [-0.2, -0.15) is 0 Å². The number of carbonyl (C=O) groups is 1. The Bertz CT molecular complexity index is 1450. The number of rotatable bonds is 6. The van der Waals surface area contributed by atoms with Gasteiger partial charge in [-0.15, -0.1) is 0 Å². The summed E-state index contributed by atoms with van der Waals surface area (Å²) in [6.45, 7) is 5.74. The Morgan fingerprint density at radius 2 is 1.78 bits per heavy atom. The van der Waals surface area contributed by atoms with Crippen LogP contribution in [0.15, 0.2) is 79.0 Å². The maximum atomic E-state index is 11.9. The number of methoxy groups -OCH3 is 1. The Morgan fingerprint density at radius 3 is 2.46 bits per heavy atom. The Morgan fingerprint density at radius 1 is 1.03 bits per heavy atom. The highest BCUT2D eigenvalue weighted by molar-refractivity contribution is 7.80. The second-order valence-corrected chi connectivity index (χ2v) is 9.45. The van der Waals surface area contributed by atoms with Crippen molar-refractivity contribution in [2.24, 2.45) is 0 Å². The topological polar surface area (TPSA) is 71.4 Å². The van der Waals surface area contributed by atoms with Crippen molar-refractivity contribution in [3.05, 3.63) is 102 Å². The lowest BCUT2D eigenvalue weighted by atomic mass is 9.96. The largest absolute Gasteiger partial charge is 0.495 e. The average Bonchev–Trinajstić information content (AvgIpc) is 3.39. The van der Waals surface area contributed by atoms with E-state index < -0.39 is 0 Å². The molecule has 5 rings (SSSR count). The highest BCUT2D eigenvalue weighted by Crippen LogP contribution is 2.45. The number of hydrogen-bond acceptors (Lipinski definition) is 4. The van der Waals surface area contributed by atoms with Gasteiger partial charge in [0.05, 0.1) is 30.6 Å². The minimum absolute atomic E-state index is 0.174. The Hall–Kier alpha value is -4.17. The number of nitrogens with one attached hydrogen (secondary N) is 2. The normalized spacial score (nSPS) is 17.0. The lowest BCUT2D eigenvalue weighted by Gasteiger charge is -2.29. The number of aromatic nitrogens is 2. The van der Waals surface area contributed by atoms with Crippen molar-refractivity contribution in [3.8, 4) is 11.4 Å². The summed E-state index contributed by atoms with van der Waals surface area (Å²) in [5.41, 5.74) is 6.83. The van der Waals surface area contributed by atoms with Gasteiger partial charge in [0.1, 0.15) is 5.75 Å². The molecule has 1 aliphatic heterocycles. The van der Waals surface area contributed by atoms with Gasteiger partial charge >= 0.3 is 0 Å². The molecule has 1 amide bonds. The molecular weight excluding hydrogens is 482 g/mol. The predicted octanol–water partition coefficient (Wildman–Crippen LogP) is 5.63. The second kappa shape index (κ2) is 10.1. The third-order valence-electron chi connectivity index (χ3n) is 6.67. The van der Waals surface area contributed by atoms with Gasteiger partial charge in [-0.3, -0.25) is 9.78 Å². The molecule has 0 aliphatic carbocycles. The summed E-state index contributed by atoms with van der Waals surface area (Å²) in [6, 6.07) is 23.8. The quantitative estimate of drug-likeness (QED) is 0.327. The molecule has 1 aliphatic rings. The zero-order chi connectivity index (χ0) is 26.1. The monoisotopic (exact) mass is 511 g/mol. The highest BCUT2D eigenvalue weighted by atomic mass is 32.1. The lowest BCUT2D eigenvalue weighted by molar-refractivity contribution is -0.114. The molecular formula is C29H29N5O2S. The summed E-state index contributed by atoms with van der Waals surface area (Å²) in [6.07, 6.45) is 1.80. The first-order valence-electron chi connectivity index (χ1n) is 12.1. The number of benzene rings is 2. The summed E-state index contributed by atoms with van der Waals surface area (Å²) >= 11 is 5.91. The van der Waals surface area contributed by atoms with Crippen LogP contribution in [0.25, 0.3) is 5.69 Å². The highest BCUT2D eigenvalue weighted by Gasteiger charge is 2.42. The molecule has 0 saturated carbocycles. The van der Waals surface area contributed by atoms with Crippen LogP contribution in [0.1, 0.15) is 41.7 Å². The summed E-state index contributed by atoms with van der Waals surface area (Å²) in [5.74, 6) is 0.406. The molecule has 8 heteroatoms. The molecule has 2 aromatic heterocycles. The van der Waals surface area contributed by atoms with Crippen molar-refractivity contribution in [2.45, 2.75) is 32.9 Å². The van der Waals surface area contributed by atoms with Crippen molar-refractivity contribution < 1.29 is 9.53 Å². The van der Waals surface area contributed by atoms with Crippen LogP contribution in [-0.4, -0.2) is 27.7 Å². The Kier molecular flexibility index (Phi) is 6.67. The molecule has 1 fully saturated rings. The van der Waals surface area contributed by atoms with Crippen molar-refractivity contribution >= 4 is 34.6 Å². The molecule has 3 heterocycles. The maximum absolute atomic E-state index is 11.9. The summed E-state index contributed by atoms with van der Waals surface area (Å²) in [7, 11) is 1.58. The second-order valence-electron chi connectivity index (χ2n) is 9.06. The van der Waals surface area contributed by atoms with Crippen molar-refractivity contribution in [3.63, 3.8) is 0 Å². The first kappa shape index (κ1) is 24.5. The van der Waals surface area contributed by atoms with E-state index in [4.69, 9.17) is 17.0 Å². The van der Waals surface area contributed by atoms with Gasteiger partial charge in [0, 0.05) is 35.9 Å². The van der Waals surface area contributed by atoms with Crippen molar-refractivity contribution in [1.29, 1.82) is 0 Å². The van der Waals surface area contributed by atoms with E-state index >= 15 is 0 Å². The molecule has 0 bridgehead atoms. The van der Waals surface area contributed by atoms with Crippen LogP contribution in [0.5, 0.6) is 5.75 Å². The van der Waals surface area contributed by atoms with Crippen LogP contribution < -0.4 is 20.3 Å². The summed E-state index contributed by atoms with van der Waals surface area (Å²) in [5, 5.41) is 6.98. The molecule has 1 saturated heterocycles. The van der Waals surface area contributed by atoms with E-state index in [9.17, 15) is 4.79 Å². The zero-order valence-corrected chi connectivity index (χ0v) is 22.0. The fourth-order valence-electron chi connectivity index (χ4n) is 5.14. The molecule has 4 aromatic rings. The molecule has 7 nitrogen and oxygen atoms in total. The van der Waals surface area contributed by atoms with E-state index in [-0.39, 0.29) is 18.0 Å². The summed E-state index contributed by atoms with van der Waals surface area (Å²) < 4.78 is 7.75. The molecule has 2 aromatic carbocycles. The number of thiocarbonyl (C=S) groups is 1. The SMILES string of the molecule is COc1ccc(N2C(=S)NC(c3ccccn3)C2c2cc(C)n(-c3ccccc3)c2C)cc1NC(C)=O. The van der Waals surface area contributed by atoms with E-state index in [1.54, 1.807) is 13.3 Å². The van der Waals surface area contributed by atoms with Gasteiger partial charge in [0.2, 0.25) is 5.91 Å². The number of aryl methyl sites for hydroxylation is 1. The molecule has 2 atom stereocenters. The number of carbonyl (C=O) groups excluding carboxylic acids is 1. The standard InChI is InChI=1S/C29H29N5O2S/c1-18-16-23(19(2)33(18)21-10-6-5-7-11-21)28-27(24-12-8-9-15-30-24)32-29(37)34(28)22-13-14-26(36-4)25(17-22)31-20(3)35/h5-17,27-28H,1-4H3,(H,31,35)(H,32,37). The first-order chi connectivity index (χ1) is 17.9. The van der Waals surface area contributed by atoms with Crippen molar-refractivity contribution in [1.82, 2.24) is 14.9 Å². The lowest BCUT2D eigenvalue weighted by Crippen LogP contribution is -2.29. The maximum Gasteiger partial charge on any atom is 0.221 e. The van der Waals surface area contributed by atoms with Gasteiger partial charge in [-0.1, -0.05) is 24.3 Å². The van der Waals surface area contributed by atoms with Gasteiger partial charge in [0.25, 0.3) is 0 Å². The summed E-state index contributed by atoms with van der Waals surface area (Å²) in [4.78, 5) is 18.7. The van der Waals surface area contributed by atoms with E-state index in [0.717, 1.165) is 34.0 Å². The predicted molar refractivity (Wildman–Crippen MR) is 150 cm³/mol. The van der Waals surface area contributed by atoms with Crippen LogP contribution in [0.3, 0.4) is 0 Å². The molecule has 0 radical (unpaired) electrons. The van der Waals surface area contributed by atoms with Crippen LogP contribution in [-0.2, 0) is 4.79 Å². The van der Waals surface area contributed by atoms with Crippen LogP contribution in [0.2, 0.25) is 0 Å². The van der Waals surface area contributed by atoms with Gasteiger partial charge < -0.3 is 24.8 Å². The number of nitrogens with zero attached hydrogens (tertiary/aromatic N) is 3. The van der Waals surface area contributed by atoms with Crippen LogP contribution >= 0.6 is 12.2 Å². The van der Waals surface area contributed by atoms with Crippen LogP contribution in [0.4, 0.5) is 11.4 Å². The number of ether oxygens (including phenoxy) is 1.